The van der Waals surface area contributed by atoms with Crippen molar-refractivity contribution in [1.82, 2.24) is 0 Å². The smallest absolute Gasteiger partial charge is 0.129 e. The van der Waals surface area contributed by atoms with Crippen LogP contribution < -0.4 is 4.74 Å². The van der Waals surface area contributed by atoms with Crippen LogP contribution in [0.2, 0.25) is 5.02 Å². The van der Waals surface area contributed by atoms with Gasteiger partial charge in [0.25, 0.3) is 0 Å². The van der Waals surface area contributed by atoms with Crippen molar-refractivity contribution >= 4 is 11.6 Å². The minimum Gasteiger partial charge on any atom is -0.493 e. The molecule has 1 heterocycles. The molecule has 0 saturated carbocycles. The molecule has 1 aliphatic rings. The van der Waals surface area contributed by atoms with Crippen LogP contribution in [0.4, 0.5) is 4.39 Å². The van der Waals surface area contributed by atoms with Gasteiger partial charge in [-0.1, -0.05) is 29.8 Å². The summed E-state index contributed by atoms with van der Waals surface area (Å²) in [4.78, 5) is 0. The van der Waals surface area contributed by atoms with Crippen molar-refractivity contribution < 1.29 is 14.2 Å². The molecule has 0 aromatic heterocycles. The fraction of sp³-hybridized carbons (Fsp3) is 0.294. The summed E-state index contributed by atoms with van der Waals surface area (Å²) in [5.41, 5.74) is 0.803. The molecule has 0 saturated heterocycles. The third-order valence-electron chi connectivity index (χ3n) is 3.81. The Morgan fingerprint density at radius 1 is 1.33 bits per heavy atom. The van der Waals surface area contributed by atoms with Gasteiger partial charge in [0.1, 0.15) is 11.6 Å². The molecule has 0 radical (unpaired) electrons. The summed E-state index contributed by atoms with van der Waals surface area (Å²) in [7, 11) is 0. The fourth-order valence-electron chi connectivity index (χ4n) is 2.84. The molecular weight excluding hydrogens is 291 g/mol. The zero-order chi connectivity index (χ0) is 15.0. The number of aliphatic hydroxyl groups is 1. The van der Waals surface area contributed by atoms with Gasteiger partial charge in [0.2, 0.25) is 0 Å². The van der Waals surface area contributed by atoms with E-state index in [2.05, 4.69) is 0 Å². The van der Waals surface area contributed by atoms with Gasteiger partial charge in [-0.25, -0.2) is 4.39 Å². The van der Waals surface area contributed by atoms with Crippen molar-refractivity contribution in [1.29, 1.82) is 0 Å². The molecule has 21 heavy (non-hydrogen) atoms. The first-order valence-electron chi connectivity index (χ1n) is 6.89. The maximum absolute atomic E-state index is 13.9. The maximum atomic E-state index is 13.9. The van der Waals surface area contributed by atoms with Crippen LogP contribution in [-0.4, -0.2) is 11.7 Å². The standard InChI is InChI=1S/C17H16ClFO2/c1-17(20,14-4-2-3-5-15(14)19)10-12-9-13(18)8-11-6-7-21-16(11)12/h2-5,8-9,20H,6-7,10H2,1H3. The Morgan fingerprint density at radius 3 is 2.86 bits per heavy atom. The Balaban J connectivity index is 1.99. The van der Waals surface area contributed by atoms with Crippen molar-refractivity contribution in [3.05, 3.63) is 63.9 Å². The summed E-state index contributed by atoms with van der Waals surface area (Å²) in [6, 6.07) is 9.93. The molecule has 3 rings (SSSR count). The summed E-state index contributed by atoms with van der Waals surface area (Å²) in [6.07, 6.45) is 1.06. The summed E-state index contributed by atoms with van der Waals surface area (Å²) >= 11 is 6.12. The third kappa shape index (κ3) is 2.76. The molecule has 0 spiro atoms. The van der Waals surface area contributed by atoms with Crippen LogP contribution in [0.1, 0.15) is 23.6 Å². The minimum atomic E-state index is -1.32. The molecule has 0 bridgehead atoms. The van der Waals surface area contributed by atoms with Crippen molar-refractivity contribution in [2.24, 2.45) is 0 Å². The van der Waals surface area contributed by atoms with E-state index in [1.54, 1.807) is 31.2 Å². The van der Waals surface area contributed by atoms with Crippen molar-refractivity contribution in [2.45, 2.75) is 25.4 Å². The van der Waals surface area contributed by atoms with Crippen LogP contribution in [0.15, 0.2) is 36.4 Å². The van der Waals surface area contributed by atoms with Crippen LogP contribution in [0.5, 0.6) is 5.75 Å². The third-order valence-corrected chi connectivity index (χ3v) is 4.03. The van der Waals surface area contributed by atoms with E-state index in [1.807, 2.05) is 6.07 Å². The molecule has 1 N–H and O–H groups in total. The number of benzene rings is 2. The summed E-state index contributed by atoms with van der Waals surface area (Å²) < 4.78 is 19.6. The summed E-state index contributed by atoms with van der Waals surface area (Å²) in [5, 5.41) is 11.3. The predicted molar refractivity (Wildman–Crippen MR) is 80.3 cm³/mol. The van der Waals surface area contributed by atoms with Crippen LogP contribution in [0.25, 0.3) is 0 Å². The summed E-state index contributed by atoms with van der Waals surface area (Å²) in [5.74, 6) is 0.359. The van der Waals surface area contributed by atoms with Gasteiger partial charge >= 0.3 is 0 Å². The van der Waals surface area contributed by atoms with E-state index in [0.29, 0.717) is 11.6 Å². The number of fused-ring (bicyclic) bond motifs is 1. The first-order chi connectivity index (χ1) is 9.97. The summed E-state index contributed by atoms with van der Waals surface area (Å²) in [6.45, 7) is 2.22. The minimum absolute atomic E-state index is 0.247. The highest BCUT2D eigenvalue weighted by atomic mass is 35.5. The van der Waals surface area contributed by atoms with E-state index in [1.165, 1.54) is 6.07 Å². The largest absolute Gasteiger partial charge is 0.493 e. The topological polar surface area (TPSA) is 29.5 Å². The van der Waals surface area contributed by atoms with Gasteiger partial charge in [0, 0.05) is 23.4 Å². The maximum Gasteiger partial charge on any atom is 0.129 e. The second-order valence-electron chi connectivity index (χ2n) is 5.58. The van der Waals surface area contributed by atoms with Crippen LogP contribution >= 0.6 is 11.6 Å². The average molecular weight is 307 g/mol. The quantitative estimate of drug-likeness (QED) is 0.933. The monoisotopic (exact) mass is 306 g/mol. The Kier molecular flexibility index (Phi) is 3.64. The molecule has 4 heteroatoms. The van der Waals surface area contributed by atoms with E-state index >= 15 is 0 Å². The lowest BCUT2D eigenvalue weighted by atomic mass is 9.88. The normalized spacial score (nSPS) is 16.2. The highest BCUT2D eigenvalue weighted by molar-refractivity contribution is 6.30. The molecule has 1 atom stereocenters. The fourth-order valence-corrected chi connectivity index (χ4v) is 3.10. The van der Waals surface area contributed by atoms with Crippen LogP contribution in [-0.2, 0) is 18.4 Å². The Morgan fingerprint density at radius 2 is 2.10 bits per heavy atom. The zero-order valence-corrected chi connectivity index (χ0v) is 12.5. The van der Waals surface area contributed by atoms with E-state index < -0.39 is 11.4 Å². The Bertz CT molecular complexity index is 682. The molecule has 0 amide bonds. The number of hydrogen-bond donors (Lipinski definition) is 1. The van der Waals surface area contributed by atoms with Crippen LogP contribution in [0.3, 0.4) is 0 Å². The van der Waals surface area contributed by atoms with Gasteiger partial charge in [0.05, 0.1) is 12.2 Å². The second-order valence-corrected chi connectivity index (χ2v) is 6.02. The van der Waals surface area contributed by atoms with Gasteiger partial charge in [-0.15, -0.1) is 0 Å². The Hall–Kier alpha value is -1.58. The first kappa shape index (κ1) is 14.4. The Labute approximate surface area is 128 Å². The predicted octanol–water partition coefficient (Wildman–Crippen LogP) is 3.86. The van der Waals surface area contributed by atoms with Crippen molar-refractivity contribution in [3.63, 3.8) is 0 Å². The highest BCUT2D eigenvalue weighted by Gasteiger charge is 2.29. The van der Waals surface area contributed by atoms with E-state index in [-0.39, 0.29) is 12.0 Å². The molecular formula is C17H16ClFO2. The first-order valence-corrected chi connectivity index (χ1v) is 7.27. The lowest BCUT2D eigenvalue weighted by Gasteiger charge is -2.25. The zero-order valence-electron chi connectivity index (χ0n) is 11.7. The average Bonchev–Trinajstić information content (AvgIpc) is 2.86. The van der Waals surface area contributed by atoms with Gasteiger partial charge in [-0.3, -0.25) is 0 Å². The van der Waals surface area contributed by atoms with Gasteiger partial charge < -0.3 is 9.84 Å². The lowest BCUT2D eigenvalue weighted by Crippen LogP contribution is -2.26. The van der Waals surface area contributed by atoms with Crippen LogP contribution in [0, 0.1) is 5.82 Å². The van der Waals surface area contributed by atoms with E-state index in [4.69, 9.17) is 16.3 Å². The lowest BCUT2D eigenvalue weighted by molar-refractivity contribution is 0.0531. The van der Waals surface area contributed by atoms with E-state index in [0.717, 1.165) is 23.3 Å². The van der Waals surface area contributed by atoms with Crippen molar-refractivity contribution in [3.8, 4) is 5.75 Å². The molecule has 0 aliphatic carbocycles. The molecule has 0 fully saturated rings. The molecule has 1 unspecified atom stereocenters. The molecule has 2 aromatic carbocycles. The van der Waals surface area contributed by atoms with Gasteiger partial charge in [-0.2, -0.15) is 0 Å². The molecule has 1 aliphatic heterocycles. The second kappa shape index (κ2) is 5.32. The number of halogens is 2. The molecule has 2 aromatic rings. The SMILES string of the molecule is CC(O)(Cc1cc(Cl)cc2c1OCC2)c1ccccc1F. The van der Waals surface area contributed by atoms with Gasteiger partial charge in [0.15, 0.2) is 0 Å². The number of rotatable bonds is 3. The molecule has 110 valence electrons. The van der Waals surface area contributed by atoms with Gasteiger partial charge in [-0.05, 0) is 36.2 Å². The number of ether oxygens (including phenoxy) is 1. The number of hydrogen-bond acceptors (Lipinski definition) is 2. The van der Waals surface area contributed by atoms with Crippen molar-refractivity contribution in [2.75, 3.05) is 6.61 Å². The van der Waals surface area contributed by atoms with E-state index in [9.17, 15) is 9.50 Å². The molecule has 2 nitrogen and oxygen atoms in total. The highest BCUT2D eigenvalue weighted by Crippen LogP contribution is 2.37.